The molecule has 1 aliphatic rings. The molecule has 148 valence electrons. The van der Waals surface area contributed by atoms with E-state index < -0.39 is 0 Å². The highest BCUT2D eigenvalue weighted by atomic mass is 16.5. The van der Waals surface area contributed by atoms with E-state index in [9.17, 15) is 4.79 Å². The summed E-state index contributed by atoms with van der Waals surface area (Å²) < 4.78 is 8.77. The predicted octanol–water partition coefficient (Wildman–Crippen LogP) is 2.13. The van der Waals surface area contributed by atoms with Gasteiger partial charge in [-0.3, -0.25) is 14.6 Å². The van der Waals surface area contributed by atoms with Gasteiger partial charge < -0.3 is 4.74 Å². The number of likely N-dealkylation sites (tertiary alicyclic amines) is 1. The Morgan fingerprint density at radius 2 is 2.00 bits per heavy atom. The van der Waals surface area contributed by atoms with Crippen molar-refractivity contribution in [1.82, 2.24) is 29.4 Å². The summed E-state index contributed by atoms with van der Waals surface area (Å²) in [4.78, 5) is 14.7. The number of aryl methyl sites for hydroxylation is 2. The summed E-state index contributed by atoms with van der Waals surface area (Å²) in [7, 11) is 3.39. The van der Waals surface area contributed by atoms with Gasteiger partial charge in [0.25, 0.3) is 0 Å². The molecule has 8 heteroatoms. The van der Waals surface area contributed by atoms with Gasteiger partial charge in [0, 0.05) is 43.9 Å². The zero-order valence-corrected chi connectivity index (χ0v) is 16.6. The quantitative estimate of drug-likeness (QED) is 0.731. The van der Waals surface area contributed by atoms with Crippen LogP contribution in [0.15, 0.2) is 35.3 Å². The number of hydrogen-bond acceptors (Lipinski definition) is 5. The lowest BCUT2D eigenvalue weighted by Crippen LogP contribution is -2.37. The van der Waals surface area contributed by atoms with Crippen molar-refractivity contribution in [3.8, 4) is 17.0 Å². The van der Waals surface area contributed by atoms with Crippen LogP contribution in [-0.4, -0.2) is 49.6 Å². The van der Waals surface area contributed by atoms with E-state index in [-0.39, 0.29) is 11.7 Å². The Hall–Kier alpha value is -2.87. The normalized spacial score (nSPS) is 15.8. The van der Waals surface area contributed by atoms with Gasteiger partial charge in [0.1, 0.15) is 11.6 Å². The first-order chi connectivity index (χ1) is 13.6. The van der Waals surface area contributed by atoms with Gasteiger partial charge in [-0.2, -0.15) is 10.2 Å². The number of nitrogens with one attached hydrogen (secondary N) is 1. The van der Waals surface area contributed by atoms with Gasteiger partial charge in [-0.15, -0.1) is 0 Å². The van der Waals surface area contributed by atoms with Gasteiger partial charge in [0.05, 0.1) is 19.0 Å². The standard InChI is InChI=1S/C20H26N6O2/c1-14-23-24(2)20(27)26(14)16-8-10-25(11-9-16)13-15-12-21-22-19(15)17-6-4-5-7-18(17)28-3/h4-7,12,16H,8-11,13H2,1-3H3,(H,21,22). The fourth-order valence-corrected chi connectivity index (χ4v) is 4.11. The lowest BCUT2D eigenvalue weighted by atomic mass is 10.0. The maximum Gasteiger partial charge on any atom is 0.345 e. The highest BCUT2D eigenvalue weighted by molar-refractivity contribution is 5.69. The van der Waals surface area contributed by atoms with E-state index in [4.69, 9.17) is 4.74 Å². The molecule has 0 aliphatic carbocycles. The van der Waals surface area contributed by atoms with Crippen molar-refractivity contribution in [3.05, 3.63) is 52.3 Å². The van der Waals surface area contributed by atoms with E-state index in [1.165, 1.54) is 4.68 Å². The Kier molecular flexibility index (Phi) is 5.04. The largest absolute Gasteiger partial charge is 0.496 e. The van der Waals surface area contributed by atoms with Gasteiger partial charge in [0.15, 0.2) is 0 Å². The van der Waals surface area contributed by atoms with Crippen molar-refractivity contribution in [3.63, 3.8) is 0 Å². The number of piperidine rings is 1. The second-order valence-corrected chi connectivity index (χ2v) is 7.30. The van der Waals surface area contributed by atoms with E-state index in [1.807, 2.05) is 42.0 Å². The number of ether oxygens (including phenoxy) is 1. The van der Waals surface area contributed by atoms with Crippen LogP contribution in [0.4, 0.5) is 0 Å². The second kappa shape index (κ2) is 7.63. The summed E-state index contributed by atoms with van der Waals surface area (Å²) >= 11 is 0. The van der Waals surface area contributed by atoms with E-state index in [1.54, 1.807) is 14.2 Å². The zero-order valence-electron chi connectivity index (χ0n) is 16.6. The van der Waals surface area contributed by atoms with Gasteiger partial charge in [-0.05, 0) is 31.9 Å². The van der Waals surface area contributed by atoms with E-state index in [0.29, 0.717) is 0 Å². The molecule has 4 rings (SSSR count). The summed E-state index contributed by atoms with van der Waals surface area (Å²) in [6, 6.07) is 8.18. The zero-order chi connectivity index (χ0) is 19.7. The van der Waals surface area contributed by atoms with Gasteiger partial charge in [-0.25, -0.2) is 9.48 Å². The molecule has 3 heterocycles. The molecule has 2 aromatic heterocycles. The fraction of sp³-hybridized carbons (Fsp3) is 0.450. The number of benzene rings is 1. The summed E-state index contributed by atoms with van der Waals surface area (Å²) in [5.74, 6) is 1.62. The topological polar surface area (TPSA) is 81.0 Å². The summed E-state index contributed by atoms with van der Waals surface area (Å²) in [5, 5.41) is 11.6. The number of aromatic nitrogens is 5. The fourth-order valence-electron chi connectivity index (χ4n) is 4.11. The molecule has 1 fully saturated rings. The van der Waals surface area contributed by atoms with E-state index >= 15 is 0 Å². The maximum atomic E-state index is 12.3. The van der Waals surface area contributed by atoms with Crippen LogP contribution in [-0.2, 0) is 13.6 Å². The van der Waals surface area contributed by atoms with Crippen LogP contribution in [0, 0.1) is 6.92 Å². The second-order valence-electron chi connectivity index (χ2n) is 7.30. The third kappa shape index (κ3) is 3.35. The SMILES string of the molecule is COc1ccccc1-c1[nH]ncc1CN1CCC(n2c(C)nn(C)c2=O)CC1. The average Bonchev–Trinajstić information content (AvgIpc) is 3.26. The van der Waals surface area contributed by atoms with Gasteiger partial charge in [0.2, 0.25) is 0 Å². The molecule has 0 saturated carbocycles. The molecule has 3 aromatic rings. The molecule has 0 spiro atoms. The molecule has 1 N–H and O–H groups in total. The molecular formula is C20H26N6O2. The van der Waals surface area contributed by atoms with Crippen molar-refractivity contribution in [2.75, 3.05) is 20.2 Å². The van der Waals surface area contributed by atoms with Crippen LogP contribution in [0.5, 0.6) is 5.75 Å². The minimum absolute atomic E-state index is 0.0238. The summed E-state index contributed by atoms with van der Waals surface area (Å²) in [5.41, 5.74) is 3.14. The lowest BCUT2D eigenvalue weighted by Gasteiger charge is -2.32. The smallest absolute Gasteiger partial charge is 0.345 e. The number of methoxy groups -OCH3 is 1. The molecule has 0 atom stereocenters. The van der Waals surface area contributed by atoms with Crippen molar-refractivity contribution < 1.29 is 4.74 Å². The number of rotatable bonds is 5. The third-order valence-electron chi connectivity index (χ3n) is 5.54. The van der Waals surface area contributed by atoms with Crippen LogP contribution in [0.25, 0.3) is 11.3 Å². The first kappa shape index (κ1) is 18.5. The molecule has 0 bridgehead atoms. The Bertz CT molecular complexity index is 1010. The molecule has 8 nitrogen and oxygen atoms in total. The first-order valence-electron chi connectivity index (χ1n) is 9.58. The highest BCUT2D eigenvalue weighted by Gasteiger charge is 2.25. The summed E-state index contributed by atoms with van der Waals surface area (Å²) in [6.45, 7) is 4.58. The molecular weight excluding hydrogens is 356 g/mol. The van der Waals surface area contributed by atoms with Crippen LogP contribution in [0.1, 0.15) is 30.3 Å². The molecule has 0 amide bonds. The van der Waals surface area contributed by atoms with Crippen LogP contribution < -0.4 is 10.4 Å². The number of H-pyrrole nitrogens is 1. The van der Waals surface area contributed by atoms with Gasteiger partial charge in [-0.1, -0.05) is 12.1 Å². The van der Waals surface area contributed by atoms with E-state index in [2.05, 4.69) is 20.2 Å². The van der Waals surface area contributed by atoms with Crippen molar-refractivity contribution >= 4 is 0 Å². The average molecular weight is 382 g/mol. The maximum absolute atomic E-state index is 12.3. The summed E-state index contributed by atoms with van der Waals surface area (Å²) in [6.07, 6.45) is 3.77. The number of hydrogen-bond donors (Lipinski definition) is 1. The van der Waals surface area contributed by atoms with Crippen LogP contribution in [0.3, 0.4) is 0 Å². The Morgan fingerprint density at radius 3 is 2.68 bits per heavy atom. The lowest BCUT2D eigenvalue weighted by molar-refractivity contribution is 0.177. The number of nitrogens with zero attached hydrogens (tertiary/aromatic N) is 5. The first-order valence-corrected chi connectivity index (χ1v) is 9.58. The van der Waals surface area contributed by atoms with E-state index in [0.717, 1.165) is 60.9 Å². The highest BCUT2D eigenvalue weighted by Crippen LogP contribution is 2.31. The van der Waals surface area contributed by atoms with Crippen molar-refractivity contribution in [2.24, 2.45) is 7.05 Å². The molecule has 1 aliphatic heterocycles. The Labute approximate surface area is 163 Å². The molecule has 1 aromatic carbocycles. The minimum Gasteiger partial charge on any atom is -0.496 e. The van der Waals surface area contributed by atoms with Crippen molar-refractivity contribution in [2.45, 2.75) is 32.4 Å². The van der Waals surface area contributed by atoms with Crippen LogP contribution >= 0.6 is 0 Å². The Balaban J connectivity index is 1.47. The third-order valence-corrected chi connectivity index (χ3v) is 5.54. The number of aromatic amines is 1. The van der Waals surface area contributed by atoms with Crippen molar-refractivity contribution in [1.29, 1.82) is 0 Å². The molecule has 0 radical (unpaired) electrons. The molecule has 28 heavy (non-hydrogen) atoms. The number of para-hydroxylation sites is 1. The minimum atomic E-state index is -0.0238. The molecule has 0 unspecified atom stereocenters. The predicted molar refractivity (Wildman–Crippen MR) is 106 cm³/mol. The van der Waals surface area contributed by atoms with Gasteiger partial charge >= 0.3 is 5.69 Å². The van der Waals surface area contributed by atoms with Crippen LogP contribution in [0.2, 0.25) is 0 Å². The molecule has 1 saturated heterocycles. The Morgan fingerprint density at radius 1 is 1.25 bits per heavy atom. The monoisotopic (exact) mass is 382 g/mol.